The van der Waals surface area contributed by atoms with Gasteiger partial charge < -0.3 is 20.6 Å². The normalized spacial score (nSPS) is 19.3. The zero-order valence-electron chi connectivity index (χ0n) is 8.97. The highest BCUT2D eigenvalue weighted by Gasteiger charge is 2.15. The number of aliphatic carboxylic acids is 1. The number of rotatable bonds is 2. The van der Waals surface area contributed by atoms with Gasteiger partial charge in [0.05, 0.1) is 12.7 Å². The Morgan fingerprint density at radius 2 is 2.07 bits per heavy atom. The molecular formula is C9H19N3O2. The van der Waals surface area contributed by atoms with Crippen LogP contribution in [0.1, 0.15) is 13.8 Å². The van der Waals surface area contributed by atoms with E-state index in [9.17, 15) is 4.79 Å². The number of carbonyl (C=O) groups is 1. The van der Waals surface area contributed by atoms with Crippen molar-refractivity contribution in [1.82, 2.24) is 9.80 Å². The maximum Gasteiger partial charge on any atom is 0.317 e. The van der Waals surface area contributed by atoms with Crippen molar-refractivity contribution in [2.24, 2.45) is 5.73 Å². The van der Waals surface area contributed by atoms with Crippen LogP contribution in [-0.2, 0) is 4.79 Å². The Balaban J connectivity index is 0.000000292. The molecule has 0 aliphatic carbocycles. The molecule has 0 bridgehead atoms. The molecule has 1 heterocycles. The molecule has 0 spiro atoms. The van der Waals surface area contributed by atoms with Crippen LogP contribution in [0, 0.1) is 0 Å². The first-order valence-electron chi connectivity index (χ1n) is 4.60. The molecule has 14 heavy (non-hydrogen) atoms. The molecule has 0 aromatic rings. The van der Waals surface area contributed by atoms with Gasteiger partial charge in [0.1, 0.15) is 0 Å². The minimum atomic E-state index is -0.968. The molecule has 0 saturated heterocycles. The summed E-state index contributed by atoms with van der Waals surface area (Å²) in [7, 11) is 2.09. The Kier molecular flexibility index (Phi) is 5.71. The molecule has 0 radical (unpaired) electrons. The summed E-state index contributed by atoms with van der Waals surface area (Å²) in [5.74, 6) is -0.968. The summed E-state index contributed by atoms with van der Waals surface area (Å²) < 4.78 is 0. The molecule has 0 fully saturated rings. The maximum absolute atomic E-state index is 9.24. The largest absolute Gasteiger partial charge is 0.480 e. The molecule has 82 valence electrons. The van der Waals surface area contributed by atoms with E-state index in [1.807, 2.05) is 0 Å². The monoisotopic (exact) mass is 201 g/mol. The molecule has 0 aromatic heterocycles. The minimum absolute atomic E-state index is 0.278. The van der Waals surface area contributed by atoms with Crippen molar-refractivity contribution in [2.75, 3.05) is 20.1 Å². The van der Waals surface area contributed by atoms with E-state index in [-0.39, 0.29) is 6.54 Å². The fourth-order valence-electron chi connectivity index (χ4n) is 1.04. The number of nitrogens with two attached hydrogens (primary N) is 1. The molecule has 0 aromatic carbocycles. The molecule has 1 atom stereocenters. The topological polar surface area (TPSA) is 69.8 Å². The summed E-state index contributed by atoms with van der Waals surface area (Å²) in [6, 6.07) is 0. The van der Waals surface area contributed by atoms with E-state index in [1.165, 1.54) is 0 Å². The fraction of sp³-hybridized carbons (Fsp3) is 0.667. The Morgan fingerprint density at radius 1 is 1.57 bits per heavy atom. The molecule has 3 N–H and O–H groups in total. The standard InChI is InChI=1S/C7H14N2.C2H5NO2/c1-4-9-6-5-8(3)7(9)2;3-1-2(4)5/h5-7H,4H2,1-3H3;1,3H2,(H,4,5). The van der Waals surface area contributed by atoms with Gasteiger partial charge in [-0.2, -0.15) is 0 Å². The summed E-state index contributed by atoms with van der Waals surface area (Å²) in [6.45, 7) is 5.19. The quantitative estimate of drug-likeness (QED) is 0.663. The van der Waals surface area contributed by atoms with Crippen LogP contribution in [0.4, 0.5) is 0 Å². The van der Waals surface area contributed by atoms with Crippen molar-refractivity contribution in [3.63, 3.8) is 0 Å². The summed E-state index contributed by atoms with van der Waals surface area (Å²) in [6.07, 6.45) is 4.79. The Morgan fingerprint density at radius 3 is 2.21 bits per heavy atom. The highest BCUT2D eigenvalue weighted by Crippen LogP contribution is 2.11. The Hall–Kier alpha value is -1.23. The maximum atomic E-state index is 9.24. The van der Waals surface area contributed by atoms with E-state index in [2.05, 4.69) is 48.8 Å². The van der Waals surface area contributed by atoms with Crippen LogP contribution in [-0.4, -0.2) is 47.2 Å². The predicted molar refractivity (Wildman–Crippen MR) is 55.4 cm³/mol. The van der Waals surface area contributed by atoms with Gasteiger partial charge in [-0.3, -0.25) is 4.79 Å². The highest BCUT2D eigenvalue weighted by atomic mass is 16.4. The van der Waals surface area contributed by atoms with Gasteiger partial charge in [-0.1, -0.05) is 0 Å². The average Bonchev–Trinajstić information content (AvgIpc) is 2.48. The third kappa shape index (κ3) is 4.13. The molecule has 1 aliphatic rings. The van der Waals surface area contributed by atoms with Crippen LogP contribution < -0.4 is 5.73 Å². The van der Waals surface area contributed by atoms with E-state index in [0.717, 1.165) is 6.54 Å². The van der Waals surface area contributed by atoms with Gasteiger partial charge in [-0.05, 0) is 13.8 Å². The zero-order chi connectivity index (χ0) is 11.1. The van der Waals surface area contributed by atoms with Crippen LogP contribution in [0.3, 0.4) is 0 Å². The molecule has 1 rings (SSSR count). The molecule has 5 heteroatoms. The third-order valence-corrected chi connectivity index (χ3v) is 2.10. The number of carboxylic acid groups (broad SMARTS) is 1. The van der Waals surface area contributed by atoms with Crippen molar-refractivity contribution in [1.29, 1.82) is 0 Å². The van der Waals surface area contributed by atoms with Crippen molar-refractivity contribution < 1.29 is 9.90 Å². The van der Waals surface area contributed by atoms with Crippen LogP contribution in [0.2, 0.25) is 0 Å². The van der Waals surface area contributed by atoms with Gasteiger partial charge in [-0.25, -0.2) is 0 Å². The molecule has 1 aliphatic heterocycles. The van der Waals surface area contributed by atoms with Crippen LogP contribution >= 0.6 is 0 Å². The first-order valence-corrected chi connectivity index (χ1v) is 4.60. The minimum Gasteiger partial charge on any atom is -0.480 e. The summed E-state index contributed by atoms with van der Waals surface area (Å²) in [5.41, 5.74) is 4.57. The van der Waals surface area contributed by atoms with Gasteiger partial charge >= 0.3 is 5.97 Å². The SMILES string of the molecule is CCN1C=CN(C)C1C.NCC(=O)O. The van der Waals surface area contributed by atoms with Crippen molar-refractivity contribution in [3.8, 4) is 0 Å². The number of carboxylic acids is 1. The zero-order valence-corrected chi connectivity index (χ0v) is 8.97. The molecule has 0 amide bonds. The summed E-state index contributed by atoms with van der Waals surface area (Å²) >= 11 is 0. The smallest absolute Gasteiger partial charge is 0.317 e. The van der Waals surface area contributed by atoms with Crippen molar-refractivity contribution >= 4 is 5.97 Å². The van der Waals surface area contributed by atoms with Crippen LogP contribution in [0.25, 0.3) is 0 Å². The van der Waals surface area contributed by atoms with E-state index in [1.54, 1.807) is 0 Å². The second-order valence-corrected chi connectivity index (χ2v) is 3.02. The Bertz CT molecular complexity index is 206. The van der Waals surface area contributed by atoms with Gasteiger partial charge in [-0.15, -0.1) is 0 Å². The lowest BCUT2D eigenvalue weighted by molar-refractivity contribution is -0.135. The van der Waals surface area contributed by atoms with Crippen LogP contribution in [0.5, 0.6) is 0 Å². The van der Waals surface area contributed by atoms with E-state index < -0.39 is 5.97 Å². The Labute approximate surface area is 84.8 Å². The second-order valence-electron chi connectivity index (χ2n) is 3.02. The average molecular weight is 201 g/mol. The van der Waals surface area contributed by atoms with E-state index >= 15 is 0 Å². The van der Waals surface area contributed by atoms with E-state index in [0.29, 0.717) is 6.17 Å². The fourth-order valence-corrected chi connectivity index (χ4v) is 1.04. The number of nitrogens with zero attached hydrogens (tertiary/aromatic N) is 2. The lowest BCUT2D eigenvalue weighted by Crippen LogP contribution is -2.33. The molecule has 0 saturated carbocycles. The number of hydrogen-bond acceptors (Lipinski definition) is 4. The lowest BCUT2D eigenvalue weighted by atomic mass is 10.5. The first-order chi connectivity index (χ1) is 6.52. The van der Waals surface area contributed by atoms with Gasteiger partial charge in [0.2, 0.25) is 0 Å². The second kappa shape index (κ2) is 6.26. The summed E-state index contributed by atoms with van der Waals surface area (Å²) in [4.78, 5) is 13.7. The first kappa shape index (κ1) is 12.8. The van der Waals surface area contributed by atoms with Gasteiger partial charge in [0.25, 0.3) is 0 Å². The third-order valence-electron chi connectivity index (χ3n) is 2.10. The lowest BCUT2D eigenvalue weighted by Gasteiger charge is -2.25. The van der Waals surface area contributed by atoms with Crippen LogP contribution in [0.15, 0.2) is 12.4 Å². The summed E-state index contributed by atoms with van der Waals surface area (Å²) in [5, 5.41) is 7.60. The highest BCUT2D eigenvalue weighted by molar-refractivity contribution is 5.68. The van der Waals surface area contributed by atoms with Crippen molar-refractivity contribution in [3.05, 3.63) is 12.4 Å². The van der Waals surface area contributed by atoms with E-state index in [4.69, 9.17) is 5.11 Å². The van der Waals surface area contributed by atoms with Crippen molar-refractivity contribution in [2.45, 2.75) is 20.0 Å². The van der Waals surface area contributed by atoms with Gasteiger partial charge in [0.15, 0.2) is 0 Å². The number of hydrogen-bond donors (Lipinski definition) is 2. The predicted octanol–water partition coefficient (Wildman–Crippen LogP) is 0.101. The molecule has 1 unspecified atom stereocenters. The molecule has 5 nitrogen and oxygen atoms in total. The molecular weight excluding hydrogens is 182 g/mol. The van der Waals surface area contributed by atoms with Gasteiger partial charge in [0, 0.05) is 26.0 Å².